The lowest BCUT2D eigenvalue weighted by Gasteiger charge is -2.22. The van der Waals surface area contributed by atoms with Gasteiger partial charge in [-0.25, -0.2) is 0 Å². The van der Waals surface area contributed by atoms with Gasteiger partial charge in [-0.1, -0.05) is 12.8 Å². The first kappa shape index (κ1) is 18.2. The highest BCUT2D eigenvalue weighted by Gasteiger charge is 2.38. The van der Waals surface area contributed by atoms with Gasteiger partial charge in [-0.3, -0.25) is 19.3 Å². The molecule has 0 bridgehead atoms. The molecule has 2 heterocycles. The molecule has 2 fully saturated rings. The van der Waals surface area contributed by atoms with E-state index in [1.165, 1.54) is 30.6 Å². The van der Waals surface area contributed by atoms with Gasteiger partial charge in [-0.15, -0.1) is 0 Å². The smallest absolute Gasteiger partial charge is 0.261 e. The summed E-state index contributed by atoms with van der Waals surface area (Å²) >= 11 is 0. The van der Waals surface area contributed by atoms with Crippen LogP contribution in [0.2, 0.25) is 0 Å². The number of fused-ring (bicyclic) bond motifs is 2. The molecule has 6 nitrogen and oxygen atoms in total. The molecule has 2 aliphatic heterocycles. The molecule has 1 aliphatic carbocycles. The molecule has 4 rings (SSSR count). The average Bonchev–Trinajstić information content (AvgIpc) is 3.22. The average molecular weight is 370 g/mol. The number of carbonyl (C=O) groups is 3. The Hall–Kier alpha value is -2.21. The summed E-state index contributed by atoms with van der Waals surface area (Å²) < 4.78 is 5.00. The molecule has 1 saturated heterocycles. The largest absolute Gasteiger partial charge is 0.385 e. The minimum absolute atomic E-state index is 0.0229. The molecule has 0 N–H and O–H groups in total. The summed E-state index contributed by atoms with van der Waals surface area (Å²) in [5.41, 5.74) is 1.25. The molecule has 2 atom stereocenters. The molecular weight excluding hydrogens is 344 g/mol. The van der Waals surface area contributed by atoms with Gasteiger partial charge in [0, 0.05) is 38.9 Å². The van der Waals surface area contributed by atoms with Crippen LogP contribution in [0.15, 0.2) is 18.2 Å². The van der Waals surface area contributed by atoms with E-state index in [4.69, 9.17) is 4.74 Å². The van der Waals surface area contributed by atoms with E-state index in [1.54, 1.807) is 25.3 Å². The van der Waals surface area contributed by atoms with Gasteiger partial charge in [0.05, 0.1) is 11.1 Å². The highest BCUT2D eigenvalue weighted by Crippen LogP contribution is 2.36. The van der Waals surface area contributed by atoms with Crippen LogP contribution < -0.4 is 0 Å². The van der Waals surface area contributed by atoms with Gasteiger partial charge in [0.2, 0.25) is 0 Å². The Labute approximate surface area is 159 Å². The van der Waals surface area contributed by atoms with E-state index in [0.717, 1.165) is 13.1 Å². The molecule has 3 amide bonds. The van der Waals surface area contributed by atoms with E-state index in [1.807, 2.05) is 4.90 Å². The van der Waals surface area contributed by atoms with E-state index in [-0.39, 0.29) is 17.7 Å². The maximum atomic E-state index is 13.0. The van der Waals surface area contributed by atoms with Gasteiger partial charge in [-0.2, -0.15) is 0 Å². The van der Waals surface area contributed by atoms with Crippen molar-refractivity contribution in [2.24, 2.45) is 11.8 Å². The van der Waals surface area contributed by atoms with Crippen molar-refractivity contribution < 1.29 is 19.1 Å². The summed E-state index contributed by atoms with van der Waals surface area (Å²) in [6.45, 7) is 2.46. The summed E-state index contributed by atoms with van der Waals surface area (Å²) in [5, 5.41) is 0. The first-order chi connectivity index (χ1) is 13.1. The number of benzene rings is 1. The van der Waals surface area contributed by atoms with Crippen molar-refractivity contribution in [2.45, 2.75) is 32.1 Å². The lowest BCUT2D eigenvalue weighted by atomic mass is 9.82. The Morgan fingerprint density at radius 1 is 1.07 bits per heavy atom. The first-order valence-electron chi connectivity index (χ1n) is 9.88. The van der Waals surface area contributed by atoms with Gasteiger partial charge in [0.25, 0.3) is 17.7 Å². The van der Waals surface area contributed by atoms with Gasteiger partial charge < -0.3 is 9.64 Å². The minimum atomic E-state index is -0.309. The van der Waals surface area contributed by atoms with E-state index in [9.17, 15) is 14.4 Å². The number of rotatable bonds is 5. The molecule has 6 heteroatoms. The molecule has 27 heavy (non-hydrogen) atoms. The fraction of sp³-hybridized carbons (Fsp3) is 0.571. The van der Waals surface area contributed by atoms with Crippen LogP contribution in [0.4, 0.5) is 0 Å². The van der Waals surface area contributed by atoms with E-state index < -0.39 is 0 Å². The van der Waals surface area contributed by atoms with Crippen molar-refractivity contribution in [1.29, 1.82) is 0 Å². The number of imide groups is 1. The van der Waals surface area contributed by atoms with Crippen LogP contribution in [0.5, 0.6) is 0 Å². The highest BCUT2D eigenvalue weighted by molar-refractivity contribution is 6.22. The second kappa shape index (κ2) is 7.43. The predicted molar refractivity (Wildman–Crippen MR) is 99.7 cm³/mol. The normalized spacial score (nSPS) is 24.3. The second-order valence-corrected chi connectivity index (χ2v) is 7.88. The van der Waals surface area contributed by atoms with Crippen LogP contribution in [0.3, 0.4) is 0 Å². The number of carbonyl (C=O) groups excluding carboxylic acids is 3. The van der Waals surface area contributed by atoms with Gasteiger partial charge in [-0.05, 0) is 49.3 Å². The number of hydrogen-bond donors (Lipinski definition) is 0. The fourth-order valence-corrected chi connectivity index (χ4v) is 4.75. The topological polar surface area (TPSA) is 66.9 Å². The SMILES string of the molecule is COCCCN1C(=O)c2ccc(C(=O)N3CC4CCCCC4C3)cc2C1=O. The molecule has 0 spiro atoms. The Morgan fingerprint density at radius 2 is 1.74 bits per heavy atom. The number of amides is 3. The number of methoxy groups -OCH3 is 1. The second-order valence-electron chi connectivity index (χ2n) is 7.88. The van der Waals surface area contributed by atoms with Crippen molar-refractivity contribution in [3.8, 4) is 0 Å². The maximum absolute atomic E-state index is 13.0. The quantitative estimate of drug-likeness (QED) is 0.590. The van der Waals surface area contributed by atoms with E-state index in [0.29, 0.717) is 48.1 Å². The zero-order chi connectivity index (χ0) is 19.0. The molecule has 1 aromatic carbocycles. The van der Waals surface area contributed by atoms with E-state index >= 15 is 0 Å². The van der Waals surface area contributed by atoms with E-state index in [2.05, 4.69) is 0 Å². The summed E-state index contributed by atoms with van der Waals surface area (Å²) in [6.07, 6.45) is 5.55. The van der Waals surface area contributed by atoms with Crippen molar-refractivity contribution in [3.05, 3.63) is 34.9 Å². The maximum Gasteiger partial charge on any atom is 0.261 e. The molecular formula is C21H26N2O4. The van der Waals surface area contributed by atoms with Crippen molar-refractivity contribution >= 4 is 17.7 Å². The molecule has 144 valence electrons. The van der Waals surface area contributed by atoms with Crippen LogP contribution in [0.1, 0.15) is 63.2 Å². The number of nitrogens with zero attached hydrogens (tertiary/aromatic N) is 2. The zero-order valence-corrected chi connectivity index (χ0v) is 15.8. The summed E-state index contributed by atoms with van der Waals surface area (Å²) in [4.78, 5) is 41.3. The van der Waals surface area contributed by atoms with Crippen molar-refractivity contribution in [3.63, 3.8) is 0 Å². The van der Waals surface area contributed by atoms with Crippen LogP contribution >= 0.6 is 0 Å². The standard InChI is InChI=1S/C21H26N2O4/c1-27-10-4-9-23-20(25)17-8-7-14(11-18(17)21(23)26)19(24)22-12-15-5-2-3-6-16(15)13-22/h7-8,11,15-16H,2-6,9-10,12-13H2,1H3. The van der Waals surface area contributed by atoms with Crippen LogP contribution in [-0.4, -0.2) is 60.9 Å². The van der Waals surface area contributed by atoms with Gasteiger partial charge >= 0.3 is 0 Å². The highest BCUT2D eigenvalue weighted by atomic mass is 16.5. The van der Waals surface area contributed by atoms with Crippen LogP contribution in [0, 0.1) is 11.8 Å². The zero-order valence-electron chi connectivity index (χ0n) is 15.8. The summed E-state index contributed by atoms with van der Waals surface area (Å²) in [6, 6.07) is 4.92. The number of ether oxygens (including phenoxy) is 1. The fourth-order valence-electron chi connectivity index (χ4n) is 4.75. The van der Waals surface area contributed by atoms with Gasteiger partial charge in [0.1, 0.15) is 0 Å². The number of likely N-dealkylation sites (tertiary alicyclic amines) is 1. The molecule has 3 aliphatic rings. The molecule has 0 aromatic heterocycles. The minimum Gasteiger partial charge on any atom is -0.385 e. The lowest BCUT2D eigenvalue weighted by molar-refractivity contribution is 0.0638. The predicted octanol–water partition coefficient (Wildman–Crippen LogP) is 2.58. The summed E-state index contributed by atoms with van der Waals surface area (Å²) in [7, 11) is 1.59. The molecule has 1 aromatic rings. The Balaban J connectivity index is 1.50. The first-order valence-corrected chi connectivity index (χ1v) is 9.88. The summed E-state index contributed by atoms with van der Waals surface area (Å²) in [5.74, 6) is 0.631. The molecule has 1 saturated carbocycles. The third-order valence-corrected chi connectivity index (χ3v) is 6.21. The monoisotopic (exact) mass is 370 g/mol. The Bertz CT molecular complexity index is 761. The molecule has 2 unspecified atom stereocenters. The van der Waals surface area contributed by atoms with Gasteiger partial charge in [0.15, 0.2) is 0 Å². The number of hydrogen-bond acceptors (Lipinski definition) is 4. The van der Waals surface area contributed by atoms with Crippen LogP contribution in [-0.2, 0) is 4.74 Å². The third-order valence-electron chi connectivity index (χ3n) is 6.21. The van der Waals surface area contributed by atoms with Crippen molar-refractivity contribution in [2.75, 3.05) is 33.4 Å². The lowest BCUT2D eigenvalue weighted by Crippen LogP contribution is -2.31. The Kier molecular flexibility index (Phi) is 5.00. The van der Waals surface area contributed by atoms with Crippen LogP contribution in [0.25, 0.3) is 0 Å². The van der Waals surface area contributed by atoms with Crippen molar-refractivity contribution in [1.82, 2.24) is 9.80 Å². The Morgan fingerprint density at radius 3 is 2.41 bits per heavy atom. The third kappa shape index (κ3) is 3.27. The molecule has 0 radical (unpaired) electrons.